The second-order valence-electron chi connectivity index (χ2n) is 16.0. The first-order valence-corrected chi connectivity index (χ1v) is 21.5. The van der Waals surface area contributed by atoms with Gasteiger partial charge in [-0.3, -0.25) is 0 Å². The Hall–Kier alpha value is -8.85. The monoisotopic (exact) mass is 815 g/mol. The lowest BCUT2D eigenvalue weighted by Crippen LogP contribution is -2.04. The third-order valence-electron chi connectivity index (χ3n) is 12.4. The maximum Gasteiger partial charge on any atom is 0.160 e. The molecule has 0 aliphatic rings. The largest absolute Gasteiger partial charge is 0.309 e. The van der Waals surface area contributed by atoms with E-state index in [0.29, 0.717) is 22.8 Å². The van der Waals surface area contributed by atoms with Gasteiger partial charge in [-0.2, -0.15) is 5.26 Å². The van der Waals surface area contributed by atoms with Gasteiger partial charge in [0.15, 0.2) is 5.82 Å². The summed E-state index contributed by atoms with van der Waals surface area (Å²) in [5.41, 5.74) is 15.1. The van der Waals surface area contributed by atoms with E-state index in [2.05, 4.69) is 179 Å². The van der Waals surface area contributed by atoms with E-state index in [-0.39, 0.29) is 0 Å². The van der Waals surface area contributed by atoms with Gasteiger partial charge < -0.3 is 9.13 Å². The zero-order valence-corrected chi connectivity index (χ0v) is 34.6. The second kappa shape index (κ2) is 15.3. The summed E-state index contributed by atoms with van der Waals surface area (Å²) < 4.78 is 4.80. The molecule has 12 rings (SSSR count). The van der Waals surface area contributed by atoms with E-state index < -0.39 is 0 Å². The number of benzene rings is 9. The molecule has 64 heavy (non-hydrogen) atoms. The molecule has 0 atom stereocenters. The van der Waals surface area contributed by atoms with E-state index in [1.807, 2.05) is 60.7 Å². The quantitative estimate of drug-likeness (QED) is 0.161. The fraction of sp³-hybridized carbons (Fsp3) is 0. The first kappa shape index (κ1) is 37.0. The SMILES string of the molecule is N#Cc1c(-c2ccccc2)nc(-c2cc(-c3ccccc3)c(-c3ccccc3)c(-n3c4ccccc4c4cc(-n5c6ccccc6c6ccccc65)ccc43)c2)nc1-c1ccccc1. The molecule has 0 bridgehead atoms. The smallest absolute Gasteiger partial charge is 0.160 e. The fourth-order valence-corrected chi connectivity index (χ4v) is 9.55. The average Bonchev–Trinajstić information content (AvgIpc) is 3.89. The minimum Gasteiger partial charge on any atom is -0.309 e. The molecule has 5 nitrogen and oxygen atoms in total. The highest BCUT2D eigenvalue weighted by atomic mass is 15.0. The lowest BCUT2D eigenvalue weighted by atomic mass is 9.90. The first-order valence-electron chi connectivity index (χ1n) is 21.5. The van der Waals surface area contributed by atoms with Crippen molar-refractivity contribution in [2.75, 3.05) is 0 Å². The molecule has 0 saturated carbocycles. The Morgan fingerprint density at radius 2 is 0.797 bits per heavy atom. The Labute approximate surface area is 370 Å². The van der Waals surface area contributed by atoms with Crippen LogP contribution in [0.1, 0.15) is 5.56 Å². The van der Waals surface area contributed by atoms with Crippen LogP contribution in [0.2, 0.25) is 0 Å². The van der Waals surface area contributed by atoms with Crippen molar-refractivity contribution in [2.45, 2.75) is 0 Å². The summed E-state index contributed by atoms with van der Waals surface area (Å²) in [6.45, 7) is 0. The van der Waals surface area contributed by atoms with Gasteiger partial charge in [-0.05, 0) is 65.2 Å². The van der Waals surface area contributed by atoms with Gasteiger partial charge in [-0.15, -0.1) is 0 Å². The summed E-state index contributed by atoms with van der Waals surface area (Å²) in [7, 11) is 0. The van der Waals surface area contributed by atoms with Gasteiger partial charge in [0.1, 0.15) is 11.6 Å². The molecule has 0 aliphatic heterocycles. The van der Waals surface area contributed by atoms with E-state index in [9.17, 15) is 5.26 Å². The Morgan fingerprint density at radius 3 is 1.33 bits per heavy atom. The van der Waals surface area contributed by atoms with E-state index in [4.69, 9.17) is 9.97 Å². The van der Waals surface area contributed by atoms with Gasteiger partial charge in [-0.1, -0.05) is 176 Å². The number of para-hydroxylation sites is 3. The second-order valence-corrected chi connectivity index (χ2v) is 16.0. The summed E-state index contributed by atoms with van der Waals surface area (Å²) in [6.07, 6.45) is 0. The van der Waals surface area contributed by atoms with E-state index in [1.54, 1.807) is 0 Å². The number of nitriles is 1. The van der Waals surface area contributed by atoms with Crippen LogP contribution in [0.5, 0.6) is 0 Å². The molecular weight excluding hydrogens is 779 g/mol. The first-order chi connectivity index (χ1) is 31.7. The van der Waals surface area contributed by atoms with Crippen molar-refractivity contribution in [3.05, 3.63) is 230 Å². The molecule has 0 saturated heterocycles. The summed E-state index contributed by atoms with van der Waals surface area (Å²) in [5.74, 6) is 0.532. The predicted molar refractivity (Wildman–Crippen MR) is 263 cm³/mol. The minimum absolute atomic E-state index is 0.437. The topological polar surface area (TPSA) is 59.4 Å². The van der Waals surface area contributed by atoms with Crippen LogP contribution in [-0.4, -0.2) is 19.1 Å². The van der Waals surface area contributed by atoms with Gasteiger partial charge >= 0.3 is 0 Å². The molecule has 3 aromatic heterocycles. The molecule has 0 N–H and O–H groups in total. The number of fused-ring (bicyclic) bond motifs is 6. The molecule has 3 heterocycles. The summed E-state index contributed by atoms with van der Waals surface area (Å²) in [6, 6.07) is 81.0. The van der Waals surface area contributed by atoms with Gasteiger partial charge in [0.25, 0.3) is 0 Å². The highest BCUT2D eigenvalue weighted by molar-refractivity contribution is 6.13. The predicted octanol–water partition coefficient (Wildman–Crippen LogP) is 14.9. The summed E-state index contributed by atoms with van der Waals surface area (Å²) in [4.78, 5) is 10.6. The van der Waals surface area contributed by atoms with Crippen molar-refractivity contribution < 1.29 is 0 Å². The molecule has 0 aliphatic carbocycles. The van der Waals surface area contributed by atoms with Crippen molar-refractivity contribution in [3.63, 3.8) is 0 Å². The molecule has 12 aromatic rings. The van der Waals surface area contributed by atoms with Crippen LogP contribution in [0, 0.1) is 11.3 Å². The van der Waals surface area contributed by atoms with Gasteiger partial charge in [0.2, 0.25) is 0 Å². The van der Waals surface area contributed by atoms with E-state index in [0.717, 1.165) is 72.1 Å². The van der Waals surface area contributed by atoms with Crippen LogP contribution in [0.4, 0.5) is 0 Å². The molecule has 298 valence electrons. The molecule has 9 aromatic carbocycles. The zero-order valence-electron chi connectivity index (χ0n) is 34.6. The lowest BCUT2D eigenvalue weighted by molar-refractivity contribution is 1.15. The standard InChI is InChI=1S/C59H37N5/c60-38-50-57(41-23-9-3-10-24-41)61-59(62-58(50)42-25-11-4-12-26-42)43-35-48(39-19-5-1-6-20-39)56(40-21-7-2-8-22-40)55(36-43)64-53-32-18-15-29-47(53)49-37-44(33-34-54(49)64)63-51-30-16-13-27-45(51)46-28-14-17-31-52(46)63/h1-37H. The van der Waals surface area contributed by atoms with Crippen LogP contribution >= 0.6 is 0 Å². The molecular formula is C59H37N5. The minimum atomic E-state index is 0.437. The molecule has 0 fully saturated rings. The van der Waals surface area contributed by atoms with Crippen LogP contribution in [-0.2, 0) is 0 Å². The van der Waals surface area contributed by atoms with Crippen molar-refractivity contribution in [3.8, 4) is 73.6 Å². The highest BCUT2D eigenvalue weighted by Gasteiger charge is 2.24. The third kappa shape index (κ3) is 6.00. The van der Waals surface area contributed by atoms with Crippen LogP contribution < -0.4 is 0 Å². The summed E-state index contributed by atoms with van der Waals surface area (Å²) in [5, 5.41) is 15.5. The van der Waals surface area contributed by atoms with Crippen LogP contribution in [0.3, 0.4) is 0 Å². The van der Waals surface area contributed by atoms with E-state index >= 15 is 0 Å². The highest BCUT2D eigenvalue weighted by Crippen LogP contribution is 2.45. The molecule has 0 spiro atoms. The normalized spacial score (nSPS) is 11.4. The third-order valence-corrected chi connectivity index (χ3v) is 12.4. The summed E-state index contributed by atoms with van der Waals surface area (Å²) >= 11 is 0. The van der Waals surface area contributed by atoms with Gasteiger partial charge in [0, 0.05) is 49.5 Å². The van der Waals surface area contributed by atoms with Crippen molar-refractivity contribution in [1.29, 1.82) is 5.26 Å². The van der Waals surface area contributed by atoms with Crippen LogP contribution in [0.15, 0.2) is 224 Å². The Balaban J connectivity index is 1.19. The van der Waals surface area contributed by atoms with E-state index in [1.165, 1.54) is 21.8 Å². The van der Waals surface area contributed by atoms with Crippen molar-refractivity contribution in [1.82, 2.24) is 19.1 Å². The molecule has 0 amide bonds. The number of nitrogens with zero attached hydrogens (tertiary/aromatic N) is 5. The van der Waals surface area contributed by atoms with Crippen molar-refractivity contribution in [2.24, 2.45) is 0 Å². The maximum atomic E-state index is 10.8. The molecule has 0 unspecified atom stereocenters. The Morgan fingerprint density at radius 1 is 0.359 bits per heavy atom. The lowest BCUT2D eigenvalue weighted by Gasteiger charge is -2.21. The van der Waals surface area contributed by atoms with Crippen LogP contribution in [0.25, 0.3) is 111 Å². The van der Waals surface area contributed by atoms with Gasteiger partial charge in [0.05, 0.1) is 39.1 Å². The fourth-order valence-electron chi connectivity index (χ4n) is 9.55. The molecule has 5 heteroatoms. The Kier molecular flexibility index (Phi) is 8.81. The van der Waals surface area contributed by atoms with Gasteiger partial charge in [-0.25, -0.2) is 9.97 Å². The number of aromatic nitrogens is 4. The molecule has 0 radical (unpaired) electrons. The zero-order chi connectivity index (χ0) is 42.6. The number of hydrogen-bond acceptors (Lipinski definition) is 3. The maximum absolute atomic E-state index is 10.8. The average molecular weight is 816 g/mol. The Bertz CT molecular complexity index is 3650. The number of rotatable bonds is 7. The van der Waals surface area contributed by atoms with Crippen molar-refractivity contribution >= 4 is 43.6 Å². The number of hydrogen-bond donors (Lipinski definition) is 0.